The van der Waals surface area contributed by atoms with E-state index in [9.17, 15) is 9.59 Å². The van der Waals surface area contributed by atoms with Gasteiger partial charge in [0.05, 0.1) is 11.8 Å². The maximum atomic E-state index is 11.7. The summed E-state index contributed by atoms with van der Waals surface area (Å²) in [6, 6.07) is 7.06. The van der Waals surface area contributed by atoms with Crippen molar-refractivity contribution >= 4 is 23.5 Å². The van der Waals surface area contributed by atoms with Gasteiger partial charge in [0.2, 0.25) is 5.91 Å². The Morgan fingerprint density at radius 3 is 2.37 bits per heavy atom. The van der Waals surface area contributed by atoms with Gasteiger partial charge in [0.1, 0.15) is 0 Å². The Hall–Kier alpha value is -1.55. The van der Waals surface area contributed by atoms with E-state index in [1.54, 1.807) is 38.1 Å². The fraction of sp³-hybridized carbons (Fsp3) is 0.429. The van der Waals surface area contributed by atoms with E-state index in [1.165, 1.54) is 0 Å². The molecule has 1 amide bonds. The lowest BCUT2D eigenvalue weighted by Gasteiger charge is -2.18. The van der Waals surface area contributed by atoms with Gasteiger partial charge < -0.3 is 10.4 Å². The second-order valence-corrected chi connectivity index (χ2v) is 5.53. The Morgan fingerprint density at radius 1 is 1.26 bits per heavy atom. The average molecular weight is 284 g/mol. The summed E-state index contributed by atoms with van der Waals surface area (Å²) in [7, 11) is 0. The number of benzene rings is 1. The largest absolute Gasteiger partial charge is 0.481 e. The summed E-state index contributed by atoms with van der Waals surface area (Å²) in [5, 5.41) is 12.3. The van der Waals surface area contributed by atoms with E-state index in [0.717, 1.165) is 5.56 Å². The Kier molecular flexibility index (Phi) is 5.36. The smallest absolute Gasteiger partial charge is 0.309 e. The zero-order valence-electron chi connectivity index (χ0n) is 11.1. The van der Waals surface area contributed by atoms with Crippen molar-refractivity contribution in [1.82, 2.24) is 5.32 Å². The molecule has 5 heteroatoms. The molecular weight excluding hydrogens is 266 g/mol. The van der Waals surface area contributed by atoms with Crippen LogP contribution in [0.4, 0.5) is 0 Å². The fourth-order valence-corrected chi connectivity index (χ4v) is 1.60. The summed E-state index contributed by atoms with van der Waals surface area (Å²) in [6.07, 6.45) is 0.666. The molecule has 0 spiro atoms. The molecule has 0 heterocycles. The molecule has 2 N–H and O–H groups in total. The predicted molar refractivity (Wildman–Crippen MR) is 74.2 cm³/mol. The molecule has 0 unspecified atom stereocenters. The molecule has 0 saturated heterocycles. The van der Waals surface area contributed by atoms with Gasteiger partial charge in [-0.15, -0.1) is 0 Å². The third-order valence-electron chi connectivity index (χ3n) is 2.93. The van der Waals surface area contributed by atoms with Gasteiger partial charge >= 0.3 is 5.97 Å². The quantitative estimate of drug-likeness (QED) is 0.843. The minimum Gasteiger partial charge on any atom is -0.481 e. The van der Waals surface area contributed by atoms with Crippen molar-refractivity contribution in [3.05, 3.63) is 34.9 Å². The maximum Gasteiger partial charge on any atom is 0.309 e. The van der Waals surface area contributed by atoms with Crippen LogP contribution in [-0.4, -0.2) is 23.5 Å². The van der Waals surface area contributed by atoms with Crippen molar-refractivity contribution in [2.45, 2.75) is 26.7 Å². The minimum absolute atomic E-state index is 0.122. The van der Waals surface area contributed by atoms with Crippen LogP contribution in [0, 0.1) is 5.41 Å². The topological polar surface area (TPSA) is 66.4 Å². The van der Waals surface area contributed by atoms with Crippen molar-refractivity contribution in [2.24, 2.45) is 5.41 Å². The Morgan fingerprint density at radius 2 is 1.84 bits per heavy atom. The number of carboxylic acid groups (broad SMARTS) is 1. The molecule has 4 nitrogen and oxygen atoms in total. The summed E-state index contributed by atoms with van der Waals surface area (Å²) in [4.78, 5) is 22.6. The number of halogens is 1. The lowest BCUT2D eigenvalue weighted by molar-refractivity contribution is -0.147. The van der Waals surface area contributed by atoms with E-state index in [0.29, 0.717) is 18.0 Å². The molecule has 0 saturated carbocycles. The first-order valence-corrected chi connectivity index (χ1v) is 6.43. The molecular formula is C14H18ClNO3. The summed E-state index contributed by atoms with van der Waals surface area (Å²) in [6.45, 7) is 3.63. The molecule has 0 bridgehead atoms. The van der Waals surface area contributed by atoms with Crippen molar-refractivity contribution in [1.29, 1.82) is 0 Å². The molecule has 1 rings (SSSR count). The van der Waals surface area contributed by atoms with Crippen LogP contribution in [0.15, 0.2) is 24.3 Å². The first kappa shape index (κ1) is 15.5. The SMILES string of the molecule is CC(C)(CCNC(=O)Cc1ccc(Cl)cc1)C(=O)O. The number of amides is 1. The Balaban J connectivity index is 2.36. The highest BCUT2D eigenvalue weighted by molar-refractivity contribution is 6.30. The van der Waals surface area contributed by atoms with Crippen molar-refractivity contribution in [2.75, 3.05) is 6.54 Å². The number of rotatable bonds is 6. The summed E-state index contributed by atoms with van der Waals surface area (Å²) in [5.74, 6) is -0.983. The number of aliphatic carboxylic acids is 1. The maximum absolute atomic E-state index is 11.7. The Labute approximate surface area is 117 Å². The predicted octanol–water partition coefficient (Wildman–Crippen LogP) is 2.50. The first-order valence-electron chi connectivity index (χ1n) is 6.06. The monoisotopic (exact) mass is 283 g/mol. The second-order valence-electron chi connectivity index (χ2n) is 5.09. The van der Waals surface area contributed by atoms with Gasteiger partial charge in [-0.1, -0.05) is 23.7 Å². The zero-order valence-corrected chi connectivity index (χ0v) is 11.8. The molecule has 1 aromatic carbocycles. The van der Waals surface area contributed by atoms with Crippen LogP contribution < -0.4 is 5.32 Å². The van der Waals surface area contributed by atoms with Crippen LogP contribution in [-0.2, 0) is 16.0 Å². The van der Waals surface area contributed by atoms with Gasteiger partial charge in [0, 0.05) is 11.6 Å². The third-order valence-corrected chi connectivity index (χ3v) is 3.18. The molecule has 0 aromatic heterocycles. The molecule has 104 valence electrons. The van der Waals surface area contributed by atoms with E-state index < -0.39 is 11.4 Å². The van der Waals surface area contributed by atoms with Gasteiger partial charge in [-0.2, -0.15) is 0 Å². The average Bonchev–Trinajstić information content (AvgIpc) is 2.31. The summed E-state index contributed by atoms with van der Waals surface area (Å²) in [5.41, 5.74) is 0.0486. The fourth-order valence-electron chi connectivity index (χ4n) is 1.47. The number of carbonyl (C=O) groups excluding carboxylic acids is 1. The number of hydrogen-bond acceptors (Lipinski definition) is 2. The van der Waals surface area contributed by atoms with E-state index in [-0.39, 0.29) is 12.3 Å². The van der Waals surface area contributed by atoms with Crippen LogP contribution in [0.5, 0.6) is 0 Å². The van der Waals surface area contributed by atoms with E-state index in [2.05, 4.69) is 5.32 Å². The lowest BCUT2D eigenvalue weighted by Crippen LogP contribution is -2.32. The molecule has 0 radical (unpaired) electrons. The van der Waals surface area contributed by atoms with Crippen LogP contribution in [0.1, 0.15) is 25.8 Å². The Bertz CT molecular complexity index is 454. The van der Waals surface area contributed by atoms with Crippen molar-refractivity contribution in [3.63, 3.8) is 0 Å². The number of carbonyl (C=O) groups is 2. The molecule has 0 aliphatic carbocycles. The highest BCUT2D eigenvalue weighted by atomic mass is 35.5. The first-order chi connectivity index (χ1) is 8.81. The van der Waals surface area contributed by atoms with Gasteiger partial charge in [-0.05, 0) is 38.0 Å². The zero-order chi connectivity index (χ0) is 14.5. The number of hydrogen-bond donors (Lipinski definition) is 2. The lowest BCUT2D eigenvalue weighted by atomic mass is 9.90. The molecule has 0 atom stereocenters. The van der Waals surface area contributed by atoms with Gasteiger partial charge in [0.15, 0.2) is 0 Å². The number of nitrogens with one attached hydrogen (secondary N) is 1. The standard InChI is InChI=1S/C14H18ClNO3/c1-14(2,13(18)19)7-8-16-12(17)9-10-3-5-11(15)6-4-10/h3-6H,7-9H2,1-2H3,(H,16,17)(H,18,19). The van der Waals surface area contributed by atoms with Crippen molar-refractivity contribution < 1.29 is 14.7 Å². The van der Waals surface area contributed by atoms with Crippen molar-refractivity contribution in [3.8, 4) is 0 Å². The van der Waals surface area contributed by atoms with E-state index in [4.69, 9.17) is 16.7 Å². The van der Waals surface area contributed by atoms with Crippen LogP contribution in [0.25, 0.3) is 0 Å². The molecule has 19 heavy (non-hydrogen) atoms. The van der Waals surface area contributed by atoms with Gasteiger partial charge in [-0.3, -0.25) is 9.59 Å². The summed E-state index contributed by atoms with van der Waals surface area (Å²) < 4.78 is 0. The molecule has 0 aliphatic heterocycles. The highest BCUT2D eigenvalue weighted by Crippen LogP contribution is 2.19. The third kappa shape index (κ3) is 5.30. The minimum atomic E-state index is -0.862. The van der Waals surface area contributed by atoms with Crippen LogP contribution in [0.2, 0.25) is 5.02 Å². The number of carboxylic acids is 1. The normalized spacial score (nSPS) is 11.1. The van der Waals surface area contributed by atoms with Gasteiger partial charge in [0.25, 0.3) is 0 Å². The molecule has 0 fully saturated rings. The van der Waals surface area contributed by atoms with Crippen LogP contribution >= 0.6 is 11.6 Å². The van der Waals surface area contributed by atoms with Gasteiger partial charge in [-0.25, -0.2) is 0 Å². The second kappa shape index (κ2) is 6.57. The van der Waals surface area contributed by atoms with E-state index in [1.807, 2.05) is 0 Å². The molecule has 1 aromatic rings. The van der Waals surface area contributed by atoms with E-state index >= 15 is 0 Å². The molecule has 0 aliphatic rings. The summed E-state index contributed by atoms with van der Waals surface area (Å²) >= 11 is 5.76. The highest BCUT2D eigenvalue weighted by Gasteiger charge is 2.26. The van der Waals surface area contributed by atoms with Crippen LogP contribution in [0.3, 0.4) is 0 Å².